The number of hydrogen-bond donors (Lipinski definition) is 1. The molecular formula is C16H22FIN6. The summed E-state index contributed by atoms with van der Waals surface area (Å²) in [5.74, 6) is 0.353. The van der Waals surface area contributed by atoms with Crippen LogP contribution < -0.4 is 10.6 Å². The highest BCUT2D eigenvalue weighted by Crippen LogP contribution is 2.16. The first-order valence-corrected chi connectivity index (χ1v) is 7.65. The number of guanidine groups is 1. The summed E-state index contributed by atoms with van der Waals surface area (Å²) in [5, 5.41) is 4.12. The Bertz CT molecular complexity index is 676. The van der Waals surface area contributed by atoms with Crippen LogP contribution >= 0.6 is 24.0 Å². The highest BCUT2D eigenvalue weighted by atomic mass is 127. The molecule has 1 aliphatic heterocycles. The van der Waals surface area contributed by atoms with Crippen molar-refractivity contribution in [2.75, 3.05) is 31.1 Å². The Morgan fingerprint density at radius 2 is 1.88 bits per heavy atom. The number of nitrogens with two attached hydrogens (primary N) is 1. The third-order valence-corrected chi connectivity index (χ3v) is 3.98. The van der Waals surface area contributed by atoms with Crippen LogP contribution in [0.25, 0.3) is 0 Å². The van der Waals surface area contributed by atoms with Crippen LogP contribution in [0.3, 0.4) is 0 Å². The smallest absolute Gasteiger partial charge is 0.191 e. The number of nitrogens with zero attached hydrogens (tertiary/aromatic N) is 5. The van der Waals surface area contributed by atoms with Gasteiger partial charge in [-0.05, 0) is 24.3 Å². The fourth-order valence-corrected chi connectivity index (χ4v) is 2.67. The maximum atomic E-state index is 13.0. The van der Waals surface area contributed by atoms with E-state index >= 15 is 0 Å². The average molecular weight is 444 g/mol. The predicted octanol–water partition coefficient (Wildman–Crippen LogP) is 1.81. The lowest BCUT2D eigenvalue weighted by atomic mass is 10.2. The van der Waals surface area contributed by atoms with Crippen molar-refractivity contribution in [2.45, 2.75) is 6.54 Å². The lowest BCUT2D eigenvalue weighted by molar-refractivity contribution is 0.380. The molecule has 3 rings (SSSR count). The Kier molecular flexibility index (Phi) is 6.41. The largest absolute Gasteiger partial charge is 0.370 e. The molecule has 24 heavy (non-hydrogen) atoms. The van der Waals surface area contributed by atoms with Gasteiger partial charge in [-0.1, -0.05) is 0 Å². The van der Waals surface area contributed by atoms with Crippen LogP contribution in [-0.2, 0) is 13.6 Å². The fraction of sp³-hybridized carbons (Fsp3) is 0.375. The topological polar surface area (TPSA) is 62.7 Å². The zero-order chi connectivity index (χ0) is 16.2. The van der Waals surface area contributed by atoms with Gasteiger partial charge in [0.15, 0.2) is 5.96 Å². The van der Waals surface area contributed by atoms with E-state index in [1.807, 2.05) is 25.4 Å². The SMILES string of the molecule is Cn1cc(CN=C(N)N2CCN(c3ccc(F)cc3)CC2)cn1.I. The van der Waals surface area contributed by atoms with Crippen LogP contribution in [0, 0.1) is 5.82 Å². The number of hydrogen-bond acceptors (Lipinski definition) is 3. The van der Waals surface area contributed by atoms with Crippen LogP contribution in [-0.4, -0.2) is 46.8 Å². The molecule has 2 aromatic rings. The molecular weight excluding hydrogens is 422 g/mol. The molecule has 0 spiro atoms. The van der Waals surface area contributed by atoms with Crippen molar-refractivity contribution < 1.29 is 4.39 Å². The van der Waals surface area contributed by atoms with Gasteiger partial charge in [-0.2, -0.15) is 5.10 Å². The Morgan fingerprint density at radius 1 is 1.21 bits per heavy atom. The van der Waals surface area contributed by atoms with Gasteiger partial charge in [0.05, 0.1) is 12.7 Å². The van der Waals surface area contributed by atoms with Gasteiger partial charge >= 0.3 is 0 Å². The van der Waals surface area contributed by atoms with Crippen molar-refractivity contribution in [2.24, 2.45) is 17.8 Å². The van der Waals surface area contributed by atoms with Crippen LogP contribution in [0.1, 0.15) is 5.56 Å². The van der Waals surface area contributed by atoms with Crippen LogP contribution in [0.2, 0.25) is 0 Å². The average Bonchev–Trinajstić information content (AvgIpc) is 2.99. The highest BCUT2D eigenvalue weighted by Gasteiger charge is 2.18. The maximum Gasteiger partial charge on any atom is 0.191 e. The highest BCUT2D eigenvalue weighted by molar-refractivity contribution is 14.0. The van der Waals surface area contributed by atoms with Crippen molar-refractivity contribution >= 4 is 35.6 Å². The molecule has 8 heteroatoms. The molecule has 0 amide bonds. The predicted molar refractivity (Wildman–Crippen MR) is 104 cm³/mol. The summed E-state index contributed by atoms with van der Waals surface area (Å²) in [6.45, 7) is 3.83. The van der Waals surface area contributed by atoms with Crippen LogP contribution in [0.5, 0.6) is 0 Å². The molecule has 6 nitrogen and oxygen atoms in total. The third kappa shape index (κ3) is 4.59. The monoisotopic (exact) mass is 444 g/mol. The summed E-state index contributed by atoms with van der Waals surface area (Å²) in [7, 11) is 1.88. The van der Waals surface area contributed by atoms with E-state index in [2.05, 4.69) is 19.9 Å². The summed E-state index contributed by atoms with van der Waals surface area (Å²) in [4.78, 5) is 8.75. The summed E-state index contributed by atoms with van der Waals surface area (Å²) < 4.78 is 14.7. The van der Waals surface area contributed by atoms with Crippen molar-refractivity contribution in [3.05, 3.63) is 48.0 Å². The molecule has 1 aromatic carbocycles. The van der Waals surface area contributed by atoms with Crippen molar-refractivity contribution in [3.63, 3.8) is 0 Å². The molecule has 130 valence electrons. The van der Waals surface area contributed by atoms with E-state index in [1.54, 1.807) is 10.9 Å². The lowest BCUT2D eigenvalue weighted by Crippen LogP contribution is -2.51. The first-order valence-electron chi connectivity index (χ1n) is 7.65. The van der Waals surface area contributed by atoms with E-state index in [4.69, 9.17) is 5.73 Å². The minimum atomic E-state index is -0.209. The Hall–Kier alpha value is -1.84. The number of piperazine rings is 1. The molecule has 0 saturated carbocycles. The van der Waals surface area contributed by atoms with E-state index in [9.17, 15) is 4.39 Å². The Labute approximate surface area is 158 Å². The van der Waals surface area contributed by atoms with Crippen molar-refractivity contribution in [3.8, 4) is 0 Å². The number of aliphatic imine (C=N–C) groups is 1. The number of rotatable bonds is 3. The van der Waals surface area contributed by atoms with E-state index in [1.165, 1.54) is 12.1 Å². The summed E-state index contributed by atoms with van der Waals surface area (Å²) in [6.07, 6.45) is 3.73. The quantitative estimate of drug-likeness (QED) is 0.446. The number of aryl methyl sites for hydroxylation is 1. The summed E-state index contributed by atoms with van der Waals surface area (Å²) >= 11 is 0. The number of halogens is 2. The molecule has 0 unspecified atom stereocenters. The second-order valence-electron chi connectivity index (χ2n) is 5.65. The van der Waals surface area contributed by atoms with Gasteiger partial charge < -0.3 is 15.5 Å². The molecule has 0 atom stereocenters. The Morgan fingerprint density at radius 3 is 2.46 bits per heavy atom. The third-order valence-electron chi connectivity index (χ3n) is 3.98. The second kappa shape index (κ2) is 8.32. The van der Waals surface area contributed by atoms with E-state index in [0.717, 1.165) is 37.4 Å². The van der Waals surface area contributed by atoms with Crippen LogP contribution in [0.15, 0.2) is 41.7 Å². The minimum Gasteiger partial charge on any atom is -0.370 e. The maximum absolute atomic E-state index is 13.0. The van der Waals surface area contributed by atoms with E-state index in [-0.39, 0.29) is 29.8 Å². The number of aromatic nitrogens is 2. The normalized spacial score (nSPS) is 15.3. The summed E-state index contributed by atoms with van der Waals surface area (Å²) in [5.41, 5.74) is 8.17. The molecule has 1 aliphatic rings. The molecule has 1 saturated heterocycles. The molecule has 1 aromatic heterocycles. The minimum absolute atomic E-state index is 0. The van der Waals surface area contributed by atoms with Gasteiger partial charge in [0.25, 0.3) is 0 Å². The molecule has 0 aliphatic carbocycles. The fourth-order valence-electron chi connectivity index (χ4n) is 2.67. The zero-order valence-corrected chi connectivity index (χ0v) is 15.9. The van der Waals surface area contributed by atoms with Gasteiger partial charge in [0, 0.05) is 50.7 Å². The van der Waals surface area contributed by atoms with Gasteiger partial charge in [-0.25, -0.2) is 9.38 Å². The summed E-state index contributed by atoms with van der Waals surface area (Å²) in [6, 6.07) is 6.60. The first kappa shape index (κ1) is 18.5. The van der Waals surface area contributed by atoms with Gasteiger partial charge in [-0.3, -0.25) is 4.68 Å². The van der Waals surface area contributed by atoms with Crippen LogP contribution in [0.4, 0.5) is 10.1 Å². The van der Waals surface area contributed by atoms with Crippen molar-refractivity contribution in [1.82, 2.24) is 14.7 Å². The zero-order valence-electron chi connectivity index (χ0n) is 13.6. The number of benzene rings is 1. The van der Waals surface area contributed by atoms with E-state index in [0.29, 0.717) is 12.5 Å². The second-order valence-corrected chi connectivity index (χ2v) is 5.65. The first-order chi connectivity index (χ1) is 11.1. The standard InChI is InChI=1S/C16H21FN6.HI/c1-21-12-13(11-20-21)10-19-16(18)23-8-6-22(7-9-23)15-4-2-14(17)3-5-15;/h2-5,11-12H,6-10H2,1H3,(H2,18,19);1H. The van der Waals surface area contributed by atoms with Gasteiger partial charge in [0.1, 0.15) is 5.82 Å². The van der Waals surface area contributed by atoms with E-state index < -0.39 is 0 Å². The Balaban J connectivity index is 0.00000208. The molecule has 2 N–H and O–H groups in total. The molecule has 0 bridgehead atoms. The lowest BCUT2D eigenvalue weighted by Gasteiger charge is -2.36. The van der Waals surface area contributed by atoms with Gasteiger partial charge in [0.2, 0.25) is 0 Å². The van der Waals surface area contributed by atoms with Gasteiger partial charge in [-0.15, -0.1) is 24.0 Å². The molecule has 0 radical (unpaired) electrons. The number of anilines is 1. The molecule has 1 fully saturated rings. The molecule has 2 heterocycles. The van der Waals surface area contributed by atoms with Crippen molar-refractivity contribution in [1.29, 1.82) is 0 Å².